The predicted molar refractivity (Wildman–Crippen MR) is 42.3 cm³/mol. The lowest BCUT2D eigenvalue weighted by molar-refractivity contribution is -0.136. The van der Waals surface area contributed by atoms with Gasteiger partial charge in [0.25, 0.3) is 0 Å². The van der Waals surface area contributed by atoms with E-state index in [1.54, 1.807) is 13.0 Å². The van der Waals surface area contributed by atoms with Crippen LogP contribution in [-0.4, -0.2) is 26.3 Å². The van der Waals surface area contributed by atoms with Gasteiger partial charge in [-0.25, -0.2) is 4.79 Å². The van der Waals surface area contributed by atoms with Gasteiger partial charge in [0, 0.05) is 12.2 Å². The molecule has 3 heteroatoms. The Bertz CT molecular complexity index is 149. The van der Waals surface area contributed by atoms with E-state index in [-0.39, 0.29) is 5.97 Å². The van der Waals surface area contributed by atoms with E-state index < -0.39 is 0 Å². The van der Waals surface area contributed by atoms with Gasteiger partial charge in [0.2, 0.25) is 0 Å². The van der Waals surface area contributed by atoms with E-state index in [4.69, 9.17) is 4.74 Å². The van der Waals surface area contributed by atoms with Crippen molar-refractivity contribution in [2.24, 2.45) is 0 Å². The van der Waals surface area contributed by atoms with Gasteiger partial charge in [-0.15, -0.1) is 0 Å². The van der Waals surface area contributed by atoms with E-state index in [0.29, 0.717) is 18.8 Å². The molecule has 0 N–H and O–H groups in total. The van der Waals surface area contributed by atoms with E-state index >= 15 is 0 Å². The molecule has 0 radical (unpaired) electrons. The minimum Gasteiger partial charge on any atom is -0.466 e. The van der Waals surface area contributed by atoms with Crippen molar-refractivity contribution in [2.75, 3.05) is 20.3 Å². The lowest BCUT2D eigenvalue weighted by atomic mass is 10.3. The zero-order valence-corrected chi connectivity index (χ0v) is 7.22. The molecule has 0 spiro atoms. The summed E-state index contributed by atoms with van der Waals surface area (Å²) in [7, 11) is 1.36. The number of carbonyl (C=O) groups is 1. The molecule has 0 heterocycles. The van der Waals surface area contributed by atoms with Crippen molar-refractivity contribution in [3.05, 3.63) is 11.6 Å². The minimum absolute atomic E-state index is 0.301. The number of ether oxygens (including phenoxy) is 2. The molecule has 0 aliphatic heterocycles. The summed E-state index contributed by atoms with van der Waals surface area (Å²) in [6.45, 7) is 4.73. The third kappa shape index (κ3) is 4.56. The number of rotatable bonds is 4. The molecule has 0 aliphatic carbocycles. The highest BCUT2D eigenvalue weighted by atomic mass is 16.5. The number of methoxy groups -OCH3 is 1. The van der Waals surface area contributed by atoms with E-state index in [9.17, 15) is 4.79 Å². The molecule has 0 aliphatic rings. The zero-order chi connectivity index (χ0) is 8.69. The standard InChI is InChI=1S/C8H14O3/c1-4-11-6-5-7(2)8(9)10-3/h5H,4,6H2,1-3H3. The molecular formula is C8H14O3. The van der Waals surface area contributed by atoms with E-state index in [0.717, 1.165) is 0 Å². The first-order chi connectivity index (χ1) is 5.22. The minimum atomic E-state index is -0.301. The second kappa shape index (κ2) is 5.92. The van der Waals surface area contributed by atoms with Crippen LogP contribution in [0.25, 0.3) is 0 Å². The fourth-order valence-electron chi connectivity index (χ4n) is 0.546. The fraction of sp³-hybridized carbons (Fsp3) is 0.625. The van der Waals surface area contributed by atoms with Gasteiger partial charge in [-0.2, -0.15) is 0 Å². The first-order valence-electron chi connectivity index (χ1n) is 3.55. The molecule has 0 aromatic carbocycles. The van der Waals surface area contributed by atoms with Gasteiger partial charge in [0.15, 0.2) is 0 Å². The van der Waals surface area contributed by atoms with Gasteiger partial charge >= 0.3 is 5.97 Å². The molecule has 64 valence electrons. The van der Waals surface area contributed by atoms with Crippen LogP contribution in [0.3, 0.4) is 0 Å². The summed E-state index contributed by atoms with van der Waals surface area (Å²) in [6.07, 6.45) is 1.70. The Morgan fingerprint density at radius 3 is 2.64 bits per heavy atom. The number of esters is 1. The normalized spacial score (nSPS) is 11.4. The Hall–Kier alpha value is -0.830. The molecule has 0 unspecified atom stereocenters. The van der Waals surface area contributed by atoms with Gasteiger partial charge in [-0.1, -0.05) is 0 Å². The first kappa shape index (κ1) is 10.2. The molecule has 0 aromatic heterocycles. The third-order valence-corrected chi connectivity index (χ3v) is 1.22. The first-order valence-corrected chi connectivity index (χ1v) is 3.55. The van der Waals surface area contributed by atoms with Gasteiger partial charge in [-0.3, -0.25) is 0 Å². The maximum absolute atomic E-state index is 10.8. The predicted octanol–water partition coefficient (Wildman–Crippen LogP) is 1.14. The van der Waals surface area contributed by atoms with Gasteiger partial charge in [0.1, 0.15) is 0 Å². The van der Waals surface area contributed by atoms with Crippen LogP contribution >= 0.6 is 0 Å². The van der Waals surface area contributed by atoms with Crippen LogP contribution in [0.1, 0.15) is 13.8 Å². The van der Waals surface area contributed by atoms with Crippen molar-refractivity contribution < 1.29 is 14.3 Å². The SMILES string of the molecule is CCOCC=C(C)C(=O)OC. The van der Waals surface area contributed by atoms with Crippen LogP contribution in [0.2, 0.25) is 0 Å². The molecule has 11 heavy (non-hydrogen) atoms. The Morgan fingerprint density at radius 2 is 2.18 bits per heavy atom. The third-order valence-electron chi connectivity index (χ3n) is 1.22. The van der Waals surface area contributed by atoms with Crippen molar-refractivity contribution >= 4 is 5.97 Å². The Labute approximate surface area is 67.0 Å². The van der Waals surface area contributed by atoms with Crippen LogP contribution in [0.15, 0.2) is 11.6 Å². The number of hydrogen-bond acceptors (Lipinski definition) is 3. The van der Waals surface area contributed by atoms with Gasteiger partial charge in [-0.05, 0) is 19.9 Å². The quantitative estimate of drug-likeness (QED) is 0.349. The lowest BCUT2D eigenvalue weighted by Gasteiger charge is -1.98. The van der Waals surface area contributed by atoms with Crippen LogP contribution in [0.4, 0.5) is 0 Å². The zero-order valence-electron chi connectivity index (χ0n) is 7.22. The average molecular weight is 158 g/mol. The van der Waals surface area contributed by atoms with Crippen molar-refractivity contribution in [3.8, 4) is 0 Å². The monoisotopic (exact) mass is 158 g/mol. The second-order valence-corrected chi connectivity index (χ2v) is 2.04. The second-order valence-electron chi connectivity index (χ2n) is 2.04. The van der Waals surface area contributed by atoms with Crippen LogP contribution < -0.4 is 0 Å². The summed E-state index contributed by atoms with van der Waals surface area (Å²) >= 11 is 0. The van der Waals surface area contributed by atoms with Crippen LogP contribution in [-0.2, 0) is 14.3 Å². The van der Waals surface area contributed by atoms with Crippen molar-refractivity contribution in [3.63, 3.8) is 0 Å². The molecular weight excluding hydrogens is 144 g/mol. The van der Waals surface area contributed by atoms with E-state index in [1.807, 2.05) is 6.92 Å². The summed E-state index contributed by atoms with van der Waals surface area (Å²) in [5, 5.41) is 0. The summed E-state index contributed by atoms with van der Waals surface area (Å²) in [6, 6.07) is 0. The Kier molecular flexibility index (Phi) is 5.47. The number of hydrogen-bond donors (Lipinski definition) is 0. The molecule has 0 bridgehead atoms. The molecule has 0 saturated heterocycles. The topological polar surface area (TPSA) is 35.5 Å². The molecule has 0 fully saturated rings. The number of carbonyl (C=O) groups excluding carboxylic acids is 1. The molecule has 0 amide bonds. The van der Waals surface area contributed by atoms with Crippen molar-refractivity contribution in [1.82, 2.24) is 0 Å². The summed E-state index contributed by atoms with van der Waals surface area (Å²) in [4.78, 5) is 10.8. The fourth-order valence-corrected chi connectivity index (χ4v) is 0.546. The summed E-state index contributed by atoms with van der Waals surface area (Å²) in [5.41, 5.74) is 0.584. The van der Waals surface area contributed by atoms with E-state index in [1.165, 1.54) is 7.11 Å². The van der Waals surface area contributed by atoms with Crippen LogP contribution in [0, 0.1) is 0 Å². The molecule has 0 aromatic rings. The Balaban J connectivity index is 3.71. The van der Waals surface area contributed by atoms with Gasteiger partial charge in [0.05, 0.1) is 13.7 Å². The maximum atomic E-state index is 10.8. The molecule has 0 saturated carbocycles. The lowest BCUT2D eigenvalue weighted by Crippen LogP contribution is -2.02. The largest absolute Gasteiger partial charge is 0.466 e. The summed E-state index contributed by atoms with van der Waals surface area (Å²) in [5.74, 6) is -0.301. The molecule has 0 rings (SSSR count). The smallest absolute Gasteiger partial charge is 0.333 e. The van der Waals surface area contributed by atoms with Gasteiger partial charge < -0.3 is 9.47 Å². The average Bonchev–Trinajstić information content (AvgIpc) is 2.03. The highest BCUT2D eigenvalue weighted by Crippen LogP contribution is 1.94. The maximum Gasteiger partial charge on any atom is 0.333 e. The van der Waals surface area contributed by atoms with Crippen molar-refractivity contribution in [1.29, 1.82) is 0 Å². The summed E-state index contributed by atoms with van der Waals surface area (Å²) < 4.78 is 9.49. The highest BCUT2D eigenvalue weighted by molar-refractivity contribution is 5.87. The highest BCUT2D eigenvalue weighted by Gasteiger charge is 2.00. The van der Waals surface area contributed by atoms with E-state index in [2.05, 4.69) is 4.74 Å². The van der Waals surface area contributed by atoms with Crippen molar-refractivity contribution in [2.45, 2.75) is 13.8 Å². The molecule has 0 atom stereocenters. The van der Waals surface area contributed by atoms with Crippen LogP contribution in [0.5, 0.6) is 0 Å². The molecule has 3 nitrogen and oxygen atoms in total. The Morgan fingerprint density at radius 1 is 1.55 bits per heavy atom.